The molecule has 118 valence electrons. The van der Waals surface area contributed by atoms with Crippen LogP contribution in [0.4, 0.5) is 0 Å². The molecule has 1 saturated heterocycles. The molecule has 1 aliphatic rings. The molecule has 2 heterocycles. The topological polar surface area (TPSA) is 38.8 Å². The molecule has 0 aliphatic carbocycles. The Morgan fingerprint density at radius 2 is 2.14 bits per heavy atom. The van der Waals surface area contributed by atoms with Crippen molar-refractivity contribution in [3.05, 3.63) is 22.4 Å². The zero-order chi connectivity index (χ0) is 15.1. The molecule has 6 heteroatoms. The SMILES string of the molecule is CN(CCN1CCNCC1)CC(=O)N(C)Cc1cccs1. The number of nitrogens with one attached hydrogen (secondary N) is 1. The van der Waals surface area contributed by atoms with Crippen molar-refractivity contribution in [2.75, 3.05) is 59.9 Å². The fourth-order valence-electron chi connectivity index (χ4n) is 2.40. The van der Waals surface area contributed by atoms with Gasteiger partial charge in [-0.2, -0.15) is 0 Å². The van der Waals surface area contributed by atoms with Gasteiger partial charge in [-0.3, -0.25) is 14.6 Å². The second-order valence-corrected chi connectivity index (χ2v) is 6.69. The average molecular weight is 310 g/mol. The molecule has 1 fully saturated rings. The lowest BCUT2D eigenvalue weighted by atomic mass is 10.3. The minimum atomic E-state index is 0.186. The van der Waals surface area contributed by atoms with Crippen molar-refractivity contribution >= 4 is 17.2 Å². The van der Waals surface area contributed by atoms with E-state index in [-0.39, 0.29) is 5.91 Å². The minimum absolute atomic E-state index is 0.186. The molecule has 1 amide bonds. The number of nitrogens with zero attached hydrogens (tertiary/aromatic N) is 3. The summed E-state index contributed by atoms with van der Waals surface area (Å²) in [7, 11) is 3.91. The molecular formula is C15H26N4OS. The molecule has 1 aromatic heterocycles. The molecule has 1 N–H and O–H groups in total. The molecule has 0 atom stereocenters. The maximum atomic E-state index is 12.2. The molecule has 0 aromatic carbocycles. The van der Waals surface area contributed by atoms with E-state index in [4.69, 9.17) is 0 Å². The van der Waals surface area contributed by atoms with Crippen LogP contribution in [0, 0.1) is 0 Å². The third-order valence-corrected chi connectivity index (χ3v) is 4.67. The number of amides is 1. The van der Waals surface area contributed by atoms with Crippen LogP contribution in [0.5, 0.6) is 0 Å². The third kappa shape index (κ3) is 5.74. The molecule has 1 aromatic rings. The summed E-state index contributed by atoms with van der Waals surface area (Å²) in [5, 5.41) is 5.40. The van der Waals surface area contributed by atoms with Gasteiger partial charge in [0.15, 0.2) is 0 Å². The Morgan fingerprint density at radius 3 is 2.81 bits per heavy atom. The highest BCUT2D eigenvalue weighted by Crippen LogP contribution is 2.10. The zero-order valence-corrected chi connectivity index (χ0v) is 13.9. The van der Waals surface area contributed by atoms with Crippen molar-refractivity contribution in [1.82, 2.24) is 20.0 Å². The molecule has 0 spiro atoms. The second kappa shape index (κ2) is 8.48. The van der Waals surface area contributed by atoms with Gasteiger partial charge in [0.25, 0.3) is 0 Å². The first kappa shape index (κ1) is 16.4. The van der Waals surface area contributed by atoms with Gasteiger partial charge in [0.2, 0.25) is 5.91 Å². The first-order valence-corrected chi connectivity index (χ1v) is 8.41. The molecule has 1 aliphatic heterocycles. The van der Waals surface area contributed by atoms with Crippen LogP contribution >= 0.6 is 11.3 Å². The lowest BCUT2D eigenvalue weighted by molar-refractivity contribution is -0.131. The van der Waals surface area contributed by atoms with E-state index in [0.717, 1.165) is 39.3 Å². The summed E-state index contributed by atoms with van der Waals surface area (Å²) >= 11 is 1.70. The molecule has 0 bridgehead atoms. The van der Waals surface area contributed by atoms with Gasteiger partial charge >= 0.3 is 0 Å². The van der Waals surface area contributed by atoms with Crippen LogP contribution in [0.15, 0.2) is 17.5 Å². The summed E-state index contributed by atoms with van der Waals surface area (Å²) in [4.78, 5) is 19.8. The van der Waals surface area contributed by atoms with E-state index in [2.05, 4.69) is 21.2 Å². The normalized spacial score (nSPS) is 16.3. The van der Waals surface area contributed by atoms with Crippen LogP contribution in [0.3, 0.4) is 0 Å². The standard InChI is InChI=1S/C15H26N4OS/c1-17(9-10-19-7-5-16-6-8-19)13-15(20)18(2)12-14-4-3-11-21-14/h3-4,11,16H,5-10,12-13H2,1-2H3. The van der Waals surface area contributed by atoms with Gasteiger partial charge in [-0.15, -0.1) is 11.3 Å². The average Bonchev–Trinajstić information content (AvgIpc) is 2.99. The number of rotatable bonds is 7. The van der Waals surface area contributed by atoms with Crippen LogP contribution in [0.2, 0.25) is 0 Å². The first-order valence-electron chi connectivity index (χ1n) is 7.53. The Morgan fingerprint density at radius 1 is 1.38 bits per heavy atom. The summed E-state index contributed by atoms with van der Waals surface area (Å²) < 4.78 is 0. The van der Waals surface area contributed by atoms with Crippen molar-refractivity contribution in [2.24, 2.45) is 0 Å². The summed E-state index contributed by atoms with van der Waals surface area (Å²) in [6.45, 7) is 7.56. The van der Waals surface area contributed by atoms with Gasteiger partial charge in [0.1, 0.15) is 0 Å². The Kier molecular flexibility index (Phi) is 6.63. The Hall–Kier alpha value is -0.950. The number of thiophene rings is 1. The van der Waals surface area contributed by atoms with E-state index in [1.54, 1.807) is 11.3 Å². The Balaban J connectivity index is 1.66. The molecular weight excluding hydrogens is 284 g/mol. The molecule has 21 heavy (non-hydrogen) atoms. The lowest BCUT2D eigenvalue weighted by Gasteiger charge is -2.29. The smallest absolute Gasteiger partial charge is 0.236 e. The lowest BCUT2D eigenvalue weighted by Crippen LogP contribution is -2.46. The fourth-order valence-corrected chi connectivity index (χ4v) is 3.16. The van der Waals surface area contributed by atoms with Crippen molar-refractivity contribution < 1.29 is 4.79 Å². The van der Waals surface area contributed by atoms with Crippen LogP contribution in [-0.4, -0.2) is 80.5 Å². The van der Waals surface area contributed by atoms with Gasteiger partial charge in [-0.25, -0.2) is 0 Å². The number of piperazine rings is 1. The molecule has 5 nitrogen and oxygen atoms in total. The number of carbonyl (C=O) groups excluding carboxylic acids is 1. The fraction of sp³-hybridized carbons (Fsp3) is 0.667. The third-order valence-electron chi connectivity index (χ3n) is 3.81. The maximum absolute atomic E-state index is 12.2. The number of likely N-dealkylation sites (N-methyl/N-ethyl adjacent to an activating group) is 2. The predicted molar refractivity (Wildman–Crippen MR) is 87.6 cm³/mol. The van der Waals surface area contributed by atoms with E-state index >= 15 is 0 Å². The van der Waals surface area contributed by atoms with Crippen LogP contribution < -0.4 is 5.32 Å². The van der Waals surface area contributed by atoms with Gasteiger partial charge < -0.3 is 10.2 Å². The highest BCUT2D eigenvalue weighted by Gasteiger charge is 2.14. The van der Waals surface area contributed by atoms with Crippen molar-refractivity contribution in [3.8, 4) is 0 Å². The summed E-state index contributed by atoms with van der Waals surface area (Å²) in [6.07, 6.45) is 0. The summed E-state index contributed by atoms with van der Waals surface area (Å²) in [6, 6.07) is 4.10. The van der Waals surface area contributed by atoms with Crippen LogP contribution in [0.1, 0.15) is 4.88 Å². The quantitative estimate of drug-likeness (QED) is 0.798. The van der Waals surface area contributed by atoms with Gasteiger partial charge in [-0.1, -0.05) is 6.07 Å². The molecule has 0 radical (unpaired) electrons. The summed E-state index contributed by atoms with van der Waals surface area (Å²) in [5.41, 5.74) is 0. The number of hydrogen-bond donors (Lipinski definition) is 1. The van der Waals surface area contributed by atoms with E-state index < -0.39 is 0 Å². The first-order chi connectivity index (χ1) is 10.1. The number of hydrogen-bond acceptors (Lipinski definition) is 5. The Bertz CT molecular complexity index is 417. The minimum Gasteiger partial charge on any atom is -0.340 e. The van der Waals surface area contributed by atoms with E-state index in [9.17, 15) is 4.79 Å². The molecule has 0 saturated carbocycles. The second-order valence-electron chi connectivity index (χ2n) is 5.66. The molecule has 0 unspecified atom stereocenters. The maximum Gasteiger partial charge on any atom is 0.236 e. The summed E-state index contributed by atoms with van der Waals surface area (Å²) in [5.74, 6) is 0.186. The highest BCUT2D eigenvalue weighted by molar-refractivity contribution is 7.09. The van der Waals surface area contributed by atoms with E-state index in [1.165, 1.54) is 4.88 Å². The highest BCUT2D eigenvalue weighted by atomic mass is 32.1. The Labute approximate surface area is 131 Å². The van der Waals surface area contributed by atoms with E-state index in [1.807, 2.05) is 30.4 Å². The molecule has 2 rings (SSSR count). The van der Waals surface area contributed by atoms with Crippen molar-refractivity contribution in [3.63, 3.8) is 0 Å². The number of carbonyl (C=O) groups is 1. The predicted octanol–water partition coefficient (Wildman–Crippen LogP) is 0.544. The van der Waals surface area contributed by atoms with E-state index in [0.29, 0.717) is 13.1 Å². The zero-order valence-electron chi connectivity index (χ0n) is 13.0. The van der Waals surface area contributed by atoms with Crippen LogP contribution in [-0.2, 0) is 11.3 Å². The monoisotopic (exact) mass is 310 g/mol. The van der Waals surface area contributed by atoms with Gasteiger partial charge in [0.05, 0.1) is 13.1 Å². The van der Waals surface area contributed by atoms with Gasteiger partial charge in [-0.05, 0) is 18.5 Å². The van der Waals surface area contributed by atoms with Crippen molar-refractivity contribution in [2.45, 2.75) is 6.54 Å². The largest absolute Gasteiger partial charge is 0.340 e. The van der Waals surface area contributed by atoms with Crippen molar-refractivity contribution in [1.29, 1.82) is 0 Å². The van der Waals surface area contributed by atoms with Crippen LogP contribution in [0.25, 0.3) is 0 Å². The van der Waals surface area contributed by atoms with Gasteiger partial charge in [0, 0.05) is 51.2 Å².